The van der Waals surface area contributed by atoms with E-state index in [9.17, 15) is 9.59 Å². The molecular formula is C13H15N3O4S. The number of anilines is 1. The maximum atomic E-state index is 11.9. The van der Waals surface area contributed by atoms with Crippen molar-refractivity contribution in [2.24, 2.45) is 10.7 Å². The van der Waals surface area contributed by atoms with Gasteiger partial charge in [-0.15, -0.1) is 0 Å². The molecule has 0 saturated carbocycles. The lowest BCUT2D eigenvalue weighted by molar-refractivity contribution is -0.121. The molecule has 0 bridgehead atoms. The Morgan fingerprint density at radius 3 is 2.67 bits per heavy atom. The first-order chi connectivity index (χ1) is 10.0. The fraction of sp³-hybridized carbons (Fsp3) is 0.308. The molecule has 21 heavy (non-hydrogen) atoms. The van der Waals surface area contributed by atoms with Crippen molar-refractivity contribution in [3.8, 4) is 11.5 Å². The highest BCUT2D eigenvalue weighted by Gasteiger charge is 2.29. The molecule has 0 aromatic heterocycles. The van der Waals surface area contributed by atoms with E-state index in [1.54, 1.807) is 18.2 Å². The number of carbonyl (C=O) groups is 2. The second-order valence-corrected chi connectivity index (χ2v) is 5.44. The number of ether oxygens (including phenoxy) is 2. The zero-order valence-electron chi connectivity index (χ0n) is 11.6. The van der Waals surface area contributed by atoms with Crippen molar-refractivity contribution < 1.29 is 19.1 Å². The zero-order chi connectivity index (χ0) is 15.4. The molecule has 1 heterocycles. The van der Waals surface area contributed by atoms with Gasteiger partial charge in [-0.25, -0.2) is 0 Å². The topological polar surface area (TPSA) is 103 Å². The van der Waals surface area contributed by atoms with Gasteiger partial charge in [-0.3, -0.25) is 9.59 Å². The van der Waals surface area contributed by atoms with Crippen molar-refractivity contribution in [3.63, 3.8) is 0 Å². The molecule has 112 valence electrons. The molecule has 2 rings (SSSR count). The SMILES string of the molecule is COc1ccc(NC(=O)C[C@H]2SC(N)=NC2=O)cc1OC. The number of methoxy groups -OCH3 is 2. The molecule has 1 aromatic carbocycles. The minimum atomic E-state index is -0.551. The van der Waals surface area contributed by atoms with Gasteiger partial charge in [0.15, 0.2) is 16.7 Å². The molecule has 0 saturated heterocycles. The van der Waals surface area contributed by atoms with Crippen molar-refractivity contribution in [2.75, 3.05) is 19.5 Å². The van der Waals surface area contributed by atoms with Crippen LogP contribution < -0.4 is 20.5 Å². The maximum absolute atomic E-state index is 11.9. The molecule has 0 aliphatic carbocycles. The van der Waals surface area contributed by atoms with Crippen LogP contribution in [0, 0.1) is 0 Å². The highest BCUT2D eigenvalue weighted by molar-refractivity contribution is 8.15. The summed E-state index contributed by atoms with van der Waals surface area (Å²) >= 11 is 1.10. The number of rotatable bonds is 5. The lowest BCUT2D eigenvalue weighted by Crippen LogP contribution is -2.21. The second-order valence-electron chi connectivity index (χ2n) is 4.22. The highest BCUT2D eigenvalue weighted by Crippen LogP contribution is 2.30. The maximum Gasteiger partial charge on any atom is 0.262 e. The van der Waals surface area contributed by atoms with Gasteiger partial charge in [-0.05, 0) is 12.1 Å². The predicted octanol–water partition coefficient (Wildman–Crippen LogP) is 0.989. The summed E-state index contributed by atoms with van der Waals surface area (Å²) in [5.74, 6) is 0.408. The van der Waals surface area contributed by atoms with E-state index >= 15 is 0 Å². The fourth-order valence-corrected chi connectivity index (χ4v) is 2.65. The third-order valence-corrected chi connectivity index (χ3v) is 3.78. The van der Waals surface area contributed by atoms with Crippen LogP contribution >= 0.6 is 11.8 Å². The van der Waals surface area contributed by atoms with Crippen molar-refractivity contribution in [1.29, 1.82) is 0 Å². The summed E-state index contributed by atoms with van der Waals surface area (Å²) in [6, 6.07) is 5.02. The van der Waals surface area contributed by atoms with E-state index in [1.165, 1.54) is 14.2 Å². The summed E-state index contributed by atoms with van der Waals surface area (Å²) in [6.45, 7) is 0. The Hall–Kier alpha value is -2.22. The van der Waals surface area contributed by atoms with Gasteiger partial charge in [0.05, 0.1) is 14.2 Å². The Morgan fingerprint density at radius 2 is 2.10 bits per heavy atom. The van der Waals surface area contributed by atoms with E-state index in [-0.39, 0.29) is 23.4 Å². The first-order valence-electron chi connectivity index (χ1n) is 6.10. The number of carbonyl (C=O) groups excluding carboxylic acids is 2. The largest absolute Gasteiger partial charge is 0.493 e. The lowest BCUT2D eigenvalue weighted by Gasteiger charge is -2.11. The molecule has 0 radical (unpaired) electrons. The van der Waals surface area contributed by atoms with Crippen molar-refractivity contribution in [2.45, 2.75) is 11.7 Å². The molecule has 3 N–H and O–H groups in total. The monoisotopic (exact) mass is 309 g/mol. The minimum absolute atomic E-state index is 0.0159. The lowest BCUT2D eigenvalue weighted by atomic mass is 10.2. The highest BCUT2D eigenvalue weighted by atomic mass is 32.2. The molecule has 1 atom stereocenters. The number of aliphatic imine (C=N–C) groups is 1. The van der Waals surface area contributed by atoms with Gasteiger partial charge >= 0.3 is 0 Å². The van der Waals surface area contributed by atoms with Crippen LogP contribution in [0.4, 0.5) is 5.69 Å². The Bertz CT molecular complexity index is 603. The molecule has 1 aromatic rings. The van der Waals surface area contributed by atoms with Crippen LogP contribution in [-0.4, -0.2) is 36.5 Å². The number of nitrogens with two attached hydrogens (primary N) is 1. The van der Waals surface area contributed by atoms with Gasteiger partial charge in [-0.1, -0.05) is 11.8 Å². The average Bonchev–Trinajstić information content (AvgIpc) is 2.76. The van der Waals surface area contributed by atoms with Gasteiger partial charge in [0, 0.05) is 18.2 Å². The number of nitrogens with one attached hydrogen (secondary N) is 1. The molecule has 1 aliphatic rings. The molecule has 1 aliphatic heterocycles. The average molecular weight is 309 g/mol. The quantitative estimate of drug-likeness (QED) is 0.840. The van der Waals surface area contributed by atoms with Crippen molar-refractivity contribution >= 4 is 34.4 Å². The number of thioether (sulfide) groups is 1. The van der Waals surface area contributed by atoms with Gasteiger partial charge < -0.3 is 20.5 Å². The van der Waals surface area contributed by atoms with Crippen molar-refractivity contribution in [3.05, 3.63) is 18.2 Å². The summed E-state index contributed by atoms with van der Waals surface area (Å²) in [6.07, 6.45) is 0.0159. The molecular weight excluding hydrogens is 294 g/mol. The van der Waals surface area contributed by atoms with Gasteiger partial charge in [-0.2, -0.15) is 4.99 Å². The van der Waals surface area contributed by atoms with Crippen LogP contribution in [0.2, 0.25) is 0 Å². The number of amides is 2. The van der Waals surface area contributed by atoms with E-state index in [1.807, 2.05) is 0 Å². The third-order valence-electron chi connectivity index (χ3n) is 2.80. The molecule has 0 spiro atoms. The normalized spacial score (nSPS) is 17.3. The predicted molar refractivity (Wildman–Crippen MR) is 80.8 cm³/mol. The summed E-state index contributed by atoms with van der Waals surface area (Å²) in [5, 5.41) is 2.35. The zero-order valence-corrected chi connectivity index (χ0v) is 12.4. The molecule has 0 unspecified atom stereocenters. The van der Waals surface area contributed by atoms with Gasteiger partial charge in [0.25, 0.3) is 5.91 Å². The van der Waals surface area contributed by atoms with Crippen LogP contribution in [0.1, 0.15) is 6.42 Å². The first kappa shape index (κ1) is 15.2. The van der Waals surface area contributed by atoms with E-state index in [4.69, 9.17) is 15.2 Å². The number of hydrogen-bond acceptors (Lipinski definition) is 6. The van der Waals surface area contributed by atoms with Crippen LogP contribution in [-0.2, 0) is 9.59 Å². The Kier molecular flexibility index (Phi) is 4.69. The van der Waals surface area contributed by atoms with Crippen LogP contribution in [0.15, 0.2) is 23.2 Å². The van der Waals surface area contributed by atoms with E-state index in [2.05, 4.69) is 10.3 Å². The summed E-state index contributed by atoms with van der Waals surface area (Å²) in [7, 11) is 3.04. The van der Waals surface area contributed by atoms with E-state index < -0.39 is 5.25 Å². The Morgan fingerprint density at radius 1 is 1.38 bits per heavy atom. The number of nitrogens with zero attached hydrogens (tertiary/aromatic N) is 1. The number of hydrogen-bond donors (Lipinski definition) is 2. The van der Waals surface area contributed by atoms with Crippen molar-refractivity contribution in [1.82, 2.24) is 0 Å². The fourth-order valence-electron chi connectivity index (χ4n) is 1.83. The van der Waals surface area contributed by atoms with Gasteiger partial charge in [0.2, 0.25) is 5.91 Å². The van der Waals surface area contributed by atoms with Crippen LogP contribution in [0.3, 0.4) is 0 Å². The molecule has 2 amide bonds. The van der Waals surface area contributed by atoms with E-state index in [0.717, 1.165) is 11.8 Å². The molecule has 0 fully saturated rings. The first-order valence-corrected chi connectivity index (χ1v) is 6.98. The summed E-state index contributed by atoms with van der Waals surface area (Å²) in [5.41, 5.74) is 6.00. The van der Waals surface area contributed by atoms with E-state index in [0.29, 0.717) is 17.2 Å². The summed E-state index contributed by atoms with van der Waals surface area (Å²) < 4.78 is 10.3. The Balaban J connectivity index is 1.98. The molecule has 7 nitrogen and oxygen atoms in total. The van der Waals surface area contributed by atoms with Gasteiger partial charge in [0.1, 0.15) is 5.25 Å². The van der Waals surface area contributed by atoms with Crippen LogP contribution in [0.5, 0.6) is 11.5 Å². The number of benzene rings is 1. The standard InChI is InChI=1S/C13H15N3O4S/c1-19-8-4-3-7(5-9(8)20-2)15-11(17)6-10-12(18)16-13(14)21-10/h3-5,10H,6H2,1-2H3,(H,15,17)(H2,14,16,18)/t10-/m1/s1. The number of amidine groups is 1. The smallest absolute Gasteiger partial charge is 0.262 e. The molecule has 8 heteroatoms. The third kappa shape index (κ3) is 3.66. The summed E-state index contributed by atoms with van der Waals surface area (Å²) in [4.78, 5) is 27.0. The minimum Gasteiger partial charge on any atom is -0.493 e. The second kappa shape index (κ2) is 6.49. The van der Waals surface area contributed by atoms with Crippen LogP contribution in [0.25, 0.3) is 0 Å². The Labute approximate surface area is 125 Å².